The van der Waals surface area contributed by atoms with E-state index in [1.54, 1.807) is 18.2 Å². The molecule has 4 amide bonds. The Kier molecular flexibility index (Phi) is 5.70. The van der Waals surface area contributed by atoms with Gasteiger partial charge in [0.2, 0.25) is 11.8 Å². The fourth-order valence-electron chi connectivity index (χ4n) is 5.21. The van der Waals surface area contributed by atoms with E-state index < -0.39 is 23.8 Å². The first kappa shape index (κ1) is 21.4. The molecule has 0 radical (unpaired) electrons. The number of imide groups is 2. The lowest BCUT2D eigenvalue weighted by molar-refractivity contribution is -0.136. The maximum atomic E-state index is 13.3. The van der Waals surface area contributed by atoms with Crippen LogP contribution in [0.1, 0.15) is 77.1 Å². The Bertz CT molecular complexity index is 1110. The standard InChI is InChI=1S/C26H26N2O5/c29-22-15-14-20(24(30)27-22)28-25(31)19-10-5-11-21(23(19)26(28)32)33-18-9-4-8-17(12-13-18)16-6-2-1-3-7-16/h1-3,5-7,10-11,17-18,20H,4,8-9,12-15H2,(H,27,29,30). The largest absolute Gasteiger partial charge is 0.490 e. The fraction of sp³-hybridized carbons (Fsp3) is 0.385. The van der Waals surface area contributed by atoms with Gasteiger partial charge in [-0.1, -0.05) is 36.4 Å². The van der Waals surface area contributed by atoms with Crippen molar-refractivity contribution >= 4 is 23.6 Å². The summed E-state index contributed by atoms with van der Waals surface area (Å²) in [6.45, 7) is 0. The molecule has 170 valence electrons. The summed E-state index contributed by atoms with van der Waals surface area (Å²) in [4.78, 5) is 51.1. The first-order valence-electron chi connectivity index (χ1n) is 11.6. The lowest BCUT2D eigenvalue weighted by atomic mass is 9.92. The molecule has 2 aromatic carbocycles. The van der Waals surface area contributed by atoms with Crippen molar-refractivity contribution in [2.45, 2.75) is 63.0 Å². The molecule has 2 fully saturated rings. The Labute approximate surface area is 192 Å². The molecule has 0 aromatic heterocycles. The zero-order valence-electron chi connectivity index (χ0n) is 18.3. The number of hydrogen-bond donors (Lipinski definition) is 1. The molecule has 7 nitrogen and oxygen atoms in total. The Morgan fingerprint density at radius 1 is 0.818 bits per heavy atom. The van der Waals surface area contributed by atoms with Gasteiger partial charge in [0.15, 0.2) is 0 Å². The van der Waals surface area contributed by atoms with E-state index in [4.69, 9.17) is 4.74 Å². The van der Waals surface area contributed by atoms with Gasteiger partial charge in [-0.25, -0.2) is 0 Å². The van der Waals surface area contributed by atoms with Crippen LogP contribution >= 0.6 is 0 Å². The summed E-state index contributed by atoms with van der Waals surface area (Å²) in [6, 6.07) is 14.5. The summed E-state index contributed by atoms with van der Waals surface area (Å²) < 4.78 is 6.31. The Morgan fingerprint density at radius 2 is 1.64 bits per heavy atom. The van der Waals surface area contributed by atoms with Crippen LogP contribution in [0.15, 0.2) is 48.5 Å². The third kappa shape index (κ3) is 4.03. The minimum atomic E-state index is -0.979. The molecule has 1 saturated heterocycles. The zero-order chi connectivity index (χ0) is 22.9. The van der Waals surface area contributed by atoms with Crippen molar-refractivity contribution in [3.8, 4) is 5.75 Å². The molecular weight excluding hydrogens is 420 g/mol. The summed E-state index contributed by atoms with van der Waals surface area (Å²) in [5, 5.41) is 2.22. The number of carbonyl (C=O) groups is 4. The maximum absolute atomic E-state index is 13.3. The molecule has 3 aliphatic rings. The van der Waals surface area contributed by atoms with E-state index in [0.29, 0.717) is 11.7 Å². The molecule has 2 aromatic rings. The summed E-state index contributed by atoms with van der Waals surface area (Å²) in [6.07, 6.45) is 5.05. The van der Waals surface area contributed by atoms with Crippen LogP contribution in [-0.4, -0.2) is 40.7 Å². The van der Waals surface area contributed by atoms with Gasteiger partial charge in [0.1, 0.15) is 11.8 Å². The summed E-state index contributed by atoms with van der Waals surface area (Å²) in [7, 11) is 0. The highest BCUT2D eigenvalue weighted by molar-refractivity contribution is 6.24. The van der Waals surface area contributed by atoms with E-state index in [-0.39, 0.29) is 36.0 Å². The lowest BCUT2D eigenvalue weighted by Crippen LogP contribution is -2.54. The normalized spacial score (nSPS) is 25.5. The van der Waals surface area contributed by atoms with Crippen LogP contribution in [0.4, 0.5) is 0 Å². The number of hydrogen-bond acceptors (Lipinski definition) is 5. The van der Waals surface area contributed by atoms with E-state index in [1.165, 1.54) is 5.56 Å². The van der Waals surface area contributed by atoms with Gasteiger partial charge in [-0.3, -0.25) is 29.4 Å². The lowest BCUT2D eigenvalue weighted by Gasteiger charge is -2.27. The van der Waals surface area contributed by atoms with Crippen LogP contribution in [0.3, 0.4) is 0 Å². The average molecular weight is 447 g/mol. The van der Waals surface area contributed by atoms with Gasteiger partial charge < -0.3 is 4.74 Å². The molecule has 1 N–H and O–H groups in total. The van der Waals surface area contributed by atoms with Gasteiger partial charge in [-0.2, -0.15) is 0 Å². The Morgan fingerprint density at radius 3 is 2.42 bits per heavy atom. The van der Waals surface area contributed by atoms with E-state index in [2.05, 4.69) is 29.6 Å². The van der Waals surface area contributed by atoms with Gasteiger partial charge in [-0.05, 0) is 62.1 Å². The van der Waals surface area contributed by atoms with Crippen molar-refractivity contribution in [1.82, 2.24) is 10.2 Å². The molecule has 3 unspecified atom stereocenters. The molecule has 0 spiro atoms. The first-order valence-corrected chi connectivity index (χ1v) is 11.6. The molecule has 7 heteroatoms. The Balaban J connectivity index is 1.33. The molecule has 2 heterocycles. The number of nitrogens with zero attached hydrogens (tertiary/aromatic N) is 1. The number of amides is 4. The van der Waals surface area contributed by atoms with E-state index in [0.717, 1.165) is 37.0 Å². The minimum Gasteiger partial charge on any atom is -0.490 e. The van der Waals surface area contributed by atoms with Gasteiger partial charge in [-0.15, -0.1) is 0 Å². The monoisotopic (exact) mass is 446 g/mol. The first-order chi connectivity index (χ1) is 16.0. The highest BCUT2D eigenvalue weighted by atomic mass is 16.5. The van der Waals surface area contributed by atoms with Crippen molar-refractivity contribution in [1.29, 1.82) is 0 Å². The molecule has 1 saturated carbocycles. The molecule has 33 heavy (non-hydrogen) atoms. The summed E-state index contributed by atoms with van der Waals surface area (Å²) >= 11 is 0. The second-order valence-corrected chi connectivity index (χ2v) is 8.98. The average Bonchev–Trinajstić information content (AvgIpc) is 2.96. The zero-order valence-corrected chi connectivity index (χ0v) is 18.3. The van der Waals surface area contributed by atoms with E-state index in [1.807, 2.05) is 6.07 Å². The van der Waals surface area contributed by atoms with Gasteiger partial charge in [0.25, 0.3) is 11.8 Å². The van der Waals surface area contributed by atoms with Crippen LogP contribution in [0.5, 0.6) is 5.75 Å². The summed E-state index contributed by atoms with van der Waals surface area (Å²) in [5.41, 5.74) is 1.81. The minimum absolute atomic E-state index is 0.0437. The number of benzene rings is 2. The Hall–Kier alpha value is -3.48. The maximum Gasteiger partial charge on any atom is 0.266 e. The van der Waals surface area contributed by atoms with Crippen molar-refractivity contribution in [2.75, 3.05) is 0 Å². The van der Waals surface area contributed by atoms with Crippen LogP contribution < -0.4 is 10.1 Å². The molecule has 1 aliphatic carbocycles. The topological polar surface area (TPSA) is 92.8 Å². The predicted octanol–water partition coefficient (Wildman–Crippen LogP) is 3.58. The number of ether oxygens (including phenoxy) is 1. The van der Waals surface area contributed by atoms with Crippen molar-refractivity contribution in [3.05, 3.63) is 65.2 Å². The fourth-order valence-corrected chi connectivity index (χ4v) is 5.21. The second kappa shape index (κ2) is 8.81. The number of carbonyl (C=O) groups excluding carboxylic acids is 4. The third-order valence-electron chi connectivity index (χ3n) is 6.91. The quantitative estimate of drug-likeness (QED) is 0.572. The number of fused-ring (bicyclic) bond motifs is 1. The number of rotatable bonds is 4. The van der Waals surface area contributed by atoms with E-state index in [9.17, 15) is 19.2 Å². The molecular formula is C26H26N2O5. The molecule has 3 atom stereocenters. The van der Waals surface area contributed by atoms with Crippen molar-refractivity contribution in [3.63, 3.8) is 0 Å². The van der Waals surface area contributed by atoms with E-state index >= 15 is 0 Å². The van der Waals surface area contributed by atoms with Crippen LogP contribution in [0.25, 0.3) is 0 Å². The van der Waals surface area contributed by atoms with Crippen LogP contribution in [0, 0.1) is 0 Å². The number of piperidine rings is 1. The van der Waals surface area contributed by atoms with Gasteiger partial charge in [0, 0.05) is 6.42 Å². The van der Waals surface area contributed by atoms with Crippen molar-refractivity contribution < 1.29 is 23.9 Å². The molecule has 0 bridgehead atoms. The SMILES string of the molecule is O=C1CCC(N2C(=O)c3cccc(OC4CCCC(c5ccccc5)CC4)c3C2=O)C(=O)N1. The molecule has 2 aliphatic heterocycles. The van der Waals surface area contributed by atoms with Crippen LogP contribution in [-0.2, 0) is 9.59 Å². The highest BCUT2D eigenvalue weighted by Crippen LogP contribution is 2.37. The summed E-state index contributed by atoms with van der Waals surface area (Å²) in [5.74, 6) is -1.16. The third-order valence-corrected chi connectivity index (χ3v) is 6.91. The number of nitrogens with one attached hydrogen (secondary N) is 1. The van der Waals surface area contributed by atoms with Gasteiger partial charge in [0.05, 0.1) is 17.2 Å². The van der Waals surface area contributed by atoms with Crippen LogP contribution in [0.2, 0.25) is 0 Å². The highest BCUT2D eigenvalue weighted by Gasteiger charge is 2.46. The van der Waals surface area contributed by atoms with Crippen molar-refractivity contribution in [2.24, 2.45) is 0 Å². The predicted molar refractivity (Wildman–Crippen MR) is 120 cm³/mol. The second-order valence-electron chi connectivity index (χ2n) is 8.98. The molecule has 5 rings (SSSR count). The smallest absolute Gasteiger partial charge is 0.266 e. The van der Waals surface area contributed by atoms with Gasteiger partial charge >= 0.3 is 0 Å².